The highest BCUT2D eigenvalue weighted by molar-refractivity contribution is 5.25. The summed E-state index contributed by atoms with van der Waals surface area (Å²) in [6, 6.07) is 8.40. The highest BCUT2D eigenvalue weighted by Gasteiger charge is 2.23. The Morgan fingerprint density at radius 3 is 2.82 bits per heavy atom. The van der Waals surface area contributed by atoms with E-state index in [9.17, 15) is 5.11 Å². The summed E-state index contributed by atoms with van der Waals surface area (Å²) >= 11 is 0. The minimum atomic E-state index is -0.323. The lowest BCUT2D eigenvalue weighted by molar-refractivity contribution is 0.00716. The molecule has 2 heteroatoms. The lowest BCUT2D eigenvalue weighted by Crippen LogP contribution is -2.22. The van der Waals surface area contributed by atoms with Gasteiger partial charge in [0.05, 0.1) is 6.10 Å². The summed E-state index contributed by atoms with van der Waals surface area (Å²) < 4.78 is 5.34. The van der Waals surface area contributed by atoms with Crippen molar-refractivity contribution in [2.24, 2.45) is 5.92 Å². The molecule has 2 rings (SSSR count). The quantitative estimate of drug-likeness (QED) is 0.867. The first-order chi connectivity index (χ1) is 8.31. The molecule has 1 heterocycles. The Labute approximate surface area is 104 Å². The van der Waals surface area contributed by atoms with Crippen LogP contribution in [-0.4, -0.2) is 18.3 Å². The van der Waals surface area contributed by atoms with Crippen LogP contribution in [0.1, 0.15) is 43.4 Å². The molecule has 1 aromatic rings. The summed E-state index contributed by atoms with van der Waals surface area (Å²) in [5, 5.41) is 10.4. The van der Waals surface area contributed by atoms with Gasteiger partial charge in [0, 0.05) is 13.2 Å². The van der Waals surface area contributed by atoms with Crippen molar-refractivity contribution in [3.8, 4) is 0 Å². The summed E-state index contributed by atoms with van der Waals surface area (Å²) in [4.78, 5) is 0. The fourth-order valence-electron chi connectivity index (χ4n) is 2.52. The molecule has 1 saturated heterocycles. The van der Waals surface area contributed by atoms with Crippen LogP contribution in [0.4, 0.5) is 0 Å². The van der Waals surface area contributed by atoms with Crippen LogP contribution in [0, 0.1) is 5.92 Å². The molecule has 0 spiro atoms. The third-order valence-electron chi connectivity index (χ3n) is 3.54. The first-order valence-electron chi connectivity index (χ1n) is 6.66. The molecular weight excluding hydrogens is 212 g/mol. The SMILES string of the molecule is CCCc1cccc(C(O)C2CCOCC2)c1. The fraction of sp³-hybridized carbons (Fsp3) is 0.600. The van der Waals surface area contributed by atoms with E-state index in [0.29, 0.717) is 5.92 Å². The van der Waals surface area contributed by atoms with Gasteiger partial charge in [0.2, 0.25) is 0 Å². The van der Waals surface area contributed by atoms with E-state index in [-0.39, 0.29) is 6.10 Å². The van der Waals surface area contributed by atoms with E-state index in [0.717, 1.165) is 44.5 Å². The molecule has 17 heavy (non-hydrogen) atoms. The van der Waals surface area contributed by atoms with Crippen LogP contribution in [0.3, 0.4) is 0 Å². The van der Waals surface area contributed by atoms with Crippen molar-refractivity contribution in [2.45, 2.75) is 38.7 Å². The Balaban J connectivity index is 2.06. The maximum absolute atomic E-state index is 10.4. The summed E-state index contributed by atoms with van der Waals surface area (Å²) in [5.41, 5.74) is 2.40. The van der Waals surface area contributed by atoms with E-state index in [1.165, 1.54) is 5.56 Å². The monoisotopic (exact) mass is 234 g/mol. The van der Waals surface area contributed by atoms with Gasteiger partial charge in [0.1, 0.15) is 0 Å². The number of hydrogen-bond donors (Lipinski definition) is 1. The maximum atomic E-state index is 10.4. The number of benzene rings is 1. The molecule has 0 aromatic heterocycles. The van der Waals surface area contributed by atoms with Crippen molar-refractivity contribution in [3.63, 3.8) is 0 Å². The zero-order valence-corrected chi connectivity index (χ0v) is 10.6. The zero-order valence-electron chi connectivity index (χ0n) is 10.6. The second-order valence-electron chi connectivity index (χ2n) is 4.89. The molecule has 0 amide bonds. The molecule has 1 atom stereocenters. The van der Waals surface area contributed by atoms with Crippen molar-refractivity contribution >= 4 is 0 Å². The first-order valence-corrected chi connectivity index (χ1v) is 6.66. The highest BCUT2D eigenvalue weighted by Crippen LogP contribution is 2.30. The molecule has 1 aliphatic rings. The van der Waals surface area contributed by atoms with Crippen LogP contribution >= 0.6 is 0 Å². The minimum absolute atomic E-state index is 0.323. The molecule has 1 N–H and O–H groups in total. The average Bonchev–Trinajstić information content (AvgIpc) is 2.40. The fourth-order valence-corrected chi connectivity index (χ4v) is 2.52. The van der Waals surface area contributed by atoms with Gasteiger partial charge in [-0.25, -0.2) is 0 Å². The van der Waals surface area contributed by atoms with Crippen LogP contribution in [0.2, 0.25) is 0 Å². The van der Waals surface area contributed by atoms with Crippen molar-refractivity contribution in [3.05, 3.63) is 35.4 Å². The summed E-state index contributed by atoms with van der Waals surface area (Å²) in [6.07, 6.45) is 3.86. The Bertz CT molecular complexity index is 343. The lowest BCUT2D eigenvalue weighted by Gasteiger charge is -2.27. The van der Waals surface area contributed by atoms with Gasteiger partial charge in [-0.3, -0.25) is 0 Å². The van der Waals surface area contributed by atoms with Crippen LogP contribution < -0.4 is 0 Å². The Kier molecular flexibility index (Phi) is 4.57. The maximum Gasteiger partial charge on any atom is 0.0820 e. The number of ether oxygens (including phenoxy) is 1. The van der Waals surface area contributed by atoms with Crippen LogP contribution in [0.25, 0.3) is 0 Å². The van der Waals surface area contributed by atoms with Gasteiger partial charge in [0.15, 0.2) is 0 Å². The number of rotatable bonds is 4. The van der Waals surface area contributed by atoms with E-state index in [2.05, 4.69) is 25.1 Å². The van der Waals surface area contributed by atoms with E-state index >= 15 is 0 Å². The molecule has 0 radical (unpaired) electrons. The molecule has 2 nitrogen and oxygen atoms in total. The molecule has 1 aromatic carbocycles. The number of aliphatic hydroxyl groups is 1. The van der Waals surface area contributed by atoms with Crippen LogP contribution in [0.5, 0.6) is 0 Å². The first kappa shape index (κ1) is 12.6. The largest absolute Gasteiger partial charge is 0.388 e. The number of hydrogen-bond acceptors (Lipinski definition) is 2. The molecule has 1 fully saturated rings. The highest BCUT2D eigenvalue weighted by atomic mass is 16.5. The third-order valence-corrected chi connectivity index (χ3v) is 3.54. The summed E-state index contributed by atoms with van der Waals surface area (Å²) in [7, 11) is 0. The predicted octanol–water partition coefficient (Wildman–Crippen LogP) is 3.10. The van der Waals surface area contributed by atoms with Gasteiger partial charge in [0.25, 0.3) is 0 Å². The molecule has 94 valence electrons. The molecule has 1 unspecified atom stereocenters. The summed E-state index contributed by atoms with van der Waals surface area (Å²) in [5.74, 6) is 0.362. The van der Waals surface area contributed by atoms with Crippen molar-refractivity contribution < 1.29 is 9.84 Å². The molecule has 0 aliphatic carbocycles. The van der Waals surface area contributed by atoms with Crippen molar-refractivity contribution in [1.82, 2.24) is 0 Å². The van der Waals surface area contributed by atoms with Gasteiger partial charge in [-0.15, -0.1) is 0 Å². The van der Waals surface area contributed by atoms with Crippen LogP contribution in [0.15, 0.2) is 24.3 Å². The normalized spacial score (nSPS) is 19.2. The smallest absolute Gasteiger partial charge is 0.0820 e. The Hall–Kier alpha value is -0.860. The molecule has 0 bridgehead atoms. The van der Waals surface area contributed by atoms with Crippen molar-refractivity contribution in [1.29, 1.82) is 0 Å². The van der Waals surface area contributed by atoms with E-state index in [1.54, 1.807) is 0 Å². The van der Waals surface area contributed by atoms with Gasteiger partial charge in [-0.05, 0) is 36.3 Å². The number of aryl methyl sites for hydroxylation is 1. The third kappa shape index (κ3) is 3.30. The molecule has 1 aliphatic heterocycles. The van der Waals surface area contributed by atoms with Gasteiger partial charge in [-0.2, -0.15) is 0 Å². The van der Waals surface area contributed by atoms with Gasteiger partial charge >= 0.3 is 0 Å². The lowest BCUT2D eigenvalue weighted by atomic mass is 9.88. The Morgan fingerprint density at radius 1 is 1.35 bits per heavy atom. The standard InChI is InChI=1S/C15H22O2/c1-2-4-12-5-3-6-14(11-12)15(16)13-7-9-17-10-8-13/h3,5-6,11,13,15-16H,2,4,7-10H2,1H3. The van der Waals surface area contributed by atoms with Crippen LogP contribution in [-0.2, 0) is 11.2 Å². The molecule has 0 saturated carbocycles. The second-order valence-corrected chi connectivity index (χ2v) is 4.89. The molecular formula is C15H22O2. The van der Waals surface area contributed by atoms with E-state index < -0.39 is 0 Å². The van der Waals surface area contributed by atoms with E-state index in [4.69, 9.17) is 4.74 Å². The van der Waals surface area contributed by atoms with Gasteiger partial charge in [-0.1, -0.05) is 37.6 Å². The van der Waals surface area contributed by atoms with Crippen molar-refractivity contribution in [2.75, 3.05) is 13.2 Å². The summed E-state index contributed by atoms with van der Waals surface area (Å²) in [6.45, 7) is 3.76. The number of aliphatic hydroxyl groups excluding tert-OH is 1. The average molecular weight is 234 g/mol. The minimum Gasteiger partial charge on any atom is -0.388 e. The van der Waals surface area contributed by atoms with E-state index in [1.807, 2.05) is 6.07 Å². The second kappa shape index (κ2) is 6.18. The Morgan fingerprint density at radius 2 is 2.12 bits per heavy atom. The zero-order chi connectivity index (χ0) is 12.1. The topological polar surface area (TPSA) is 29.5 Å². The predicted molar refractivity (Wildman–Crippen MR) is 68.9 cm³/mol. The van der Waals surface area contributed by atoms with Gasteiger partial charge < -0.3 is 9.84 Å².